The number of allylic oxidation sites excluding steroid dienone is 3. The van der Waals surface area contributed by atoms with Crippen LogP contribution >= 0.6 is 0 Å². The van der Waals surface area contributed by atoms with Crippen molar-refractivity contribution in [2.45, 2.75) is 40.7 Å². The Morgan fingerprint density at radius 1 is 1.21 bits per heavy atom. The molecule has 0 bridgehead atoms. The van der Waals surface area contributed by atoms with Gasteiger partial charge in [-0.2, -0.15) is 0 Å². The maximum absolute atomic E-state index is 9.19. The Labute approximate surface area is 174 Å². The van der Waals surface area contributed by atoms with E-state index in [1.165, 1.54) is 17.3 Å². The molecule has 29 heavy (non-hydrogen) atoms. The molecule has 0 unspecified atom stereocenters. The fourth-order valence-electron chi connectivity index (χ4n) is 2.81. The molecular formula is C25H30N2O2. The van der Waals surface area contributed by atoms with Gasteiger partial charge in [0.05, 0.1) is 6.20 Å². The van der Waals surface area contributed by atoms with Crippen molar-refractivity contribution < 1.29 is 9.84 Å². The minimum atomic E-state index is 0.146. The van der Waals surface area contributed by atoms with Crippen LogP contribution in [0.2, 0.25) is 0 Å². The number of rotatable bonds is 9. The molecule has 152 valence electrons. The van der Waals surface area contributed by atoms with Crippen LogP contribution in [0.25, 0.3) is 5.70 Å². The molecule has 2 aromatic rings. The smallest absolute Gasteiger partial charge is 0.120 e. The van der Waals surface area contributed by atoms with Crippen LogP contribution in [0.3, 0.4) is 0 Å². The van der Waals surface area contributed by atoms with Crippen molar-refractivity contribution >= 4 is 11.9 Å². The maximum Gasteiger partial charge on any atom is 0.120 e. The molecule has 2 aromatic carbocycles. The Kier molecular flexibility index (Phi) is 8.28. The standard InChI is InChI=1S/C25H30N2O2/c1-6-9-25(27-20(4)15-26-16-21(5)28)23-12-18(2)13-24(14-23)29-17-22-11-8-7-10-19(22)3/h7-16,27-28H,4,6,17H2,1-3,5H3/b21-16+,25-9+,26-15?. The van der Waals surface area contributed by atoms with E-state index >= 15 is 0 Å². The molecule has 0 spiro atoms. The Balaban J connectivity index is 2.19. The van der Waals surface area contributed by atoms with E-state index < -0.39 is 0 Å². The lowest BCUT2D eigenvalue weighted by Gasteiger charge is -2.15. The number of nitrogens with zero attached hydrogens (tertiary/aromatic N) is 1. The Morgan fingerprint density at radius 2 is 1.97 bits per heavy atom. The zero-order valence-electron chi connectivity index (χ0n) is 17.7. The fourth-order valence-corrected chi connectivity index (χ4v) is 2.81. The number of nitrogens with one attached hydrogen (secondary N) is 1. The highest BCUT2D eigenvalue weighted by molar-refractivity contribution is 5.82. The first-order valence-corrected chi connectivity index (χ1v) is 9.73. The summed E-state index contributed by atoms with van der Waals surface area (Å²) in [4.78, 5) is 4.03. The summed E-state index contributed by atoms with van der Waals surface area (Å²) in [7, 11) is 0. The third-order valence-corrected chi connectivity index (χ3v) is 4.21. The van der Waals surface area contributed by atoms with Gasteiger partial charge in [-0.1, -0.05) is 43.8 Å². The van der Waals surface area contributed by atoms with Crippen molar-refractivity contribution in [3.8, 4) is 5.75 Å². The van der Waals surface area contributed by atoms with Crippen molar-refractivity contribution in [2.24, 2.45) is 4.99 Å². The van der Waals surface area contributed by atoms with Gasteiger partial charge in [0, 0.05) is 23.2 Å². The van der Waals surface area contributed by atoms with Crippen LogP contribution in [0.4, 0.5) is 0 Å². The molecule has 0 aliphatic rings. The molecule has 2 N–H and O–H groups in total. The predicted octanol–water partition coefficient (Wildman–Crippen LogP) is 6.23. The first-order valence-electron chi connectivity index (χ1n) is 9.73. The Morgan fingerprint density at radius 3 is 2.66 bits per heavy atom. The van der Waals surface area contributed by atoms with Crippen molar-refractivity contribution in [2.75, 3.05) is 0 Å². The summed E-state index contributed by atoms with van der Waals surface area (Å²) in [6, 6.07) is 14.4. The van der Waals surface area contributed by atoms with Gasteiger partial charge >= 0.3 is 0 Å². The van der Waals surface area contributed by atoms with E-state index in [9.17, 15) is 5.11 Å². The number of aliphatic hydroxyl groups excluding tert-OH is 1. The van der Waals surface area contributed by atoms with Gasteiger partial charge in [0.1, 0.15) is 18.1 Å². The van der Waals surface area contributed by atoms with E-state index in [0.717, 1.165) is 29.0 Å². The second-order valence-electron chi connectivity index (χ2n) is 6.97. The molecule has 0 radical (unpaired) electrons. The largest absolute Gasteiger partial charge is 0.511 e. The van der Waals surface area contributed by atoms with Gasteiger partial charge in [0.15, 0.2) is 0 Å². The molecule has 0 aliphatic heterocycles. The molecular weight excluding hydrogens is 360 g/mol. The number of aliphatic hydroxyl groups is 1. The lowest BCUT2D eigenvalue weighted by molar-refractivity contribution is 0.305. The van der Waals surface area contributed by atoms with Crippen LogP contribution in [0, 0.1) is 13.8 Å². The van der Waals surface area contributed by atoms with Crippen LogP contribution in [0.1, 0.15) is 42.5 Å². The fraction of sp³-hybridized carbons (Fsp3) is 0.240. The summed E-state index contributed by atoms with van der Waals surface area (Å²) in [5.74, 6) is 0.970. The van der Waals surface area contributed by atoms with Crippen molar-refractivity contribution in [3.05, 3.63) is 95.0 Å². The number of hydrogen-bond donors (Lipinski definition) is 2. The van der Waals surface area contributed by atoms with Crippen LogP contribution < -0.4 is 10.1 Å². The lowest BCUT2D eigenvalue weighted by atomic mass is 10.1. The monoisotopic (exact) mass is 390 g/mol. The van der Waals surface area contributed by atoms with E-state index in [-0.39, 0.29) is 5.76 Å². The normalized spacial score (nSPS) is 12.3. The minimum absolute atomic E-state index is 0.146. The van der Waals surface area contributed by atoms with Gasteiger partial charge in [0.2, 0.25) is 0 Å². The van der Waals surface area contributed by atoms with Gasteiger partial charge < -0.3 is 15.2 Å². The van der Waals surface area contributed by atoms with Crippen molar-refractivity contribution in [3.63, 3.8) is 0 Å². The van der Waals surface area contributed by atoms with Gasteiger partial charge in [-0.25, -0.2) is 0 Å². The van der Waals surface area contributed by atoms with Gasteiger partial charge in [0.25, 0.3) is 0 Å². The van der Waals surface area contributed by atoms with Crippen LogP contribution in [0.5, 0.6) is 5.75 Å². The quantitative estimate of drug-likeness (QED) is 0.394. The first-order chi connectivity index (χ1) is 13.9. The molecule has 0 fully saturated rings. The SMILES string of the molecule is C=C(C=N/C=C(\C)O)N/C(=C/CC)c1cc(C)cc(OCc2ccccc2C)c1. The lowest BCUT2D eigenvalue weighted by Crippen LogP contribution is -2.12. The topological polar surface area (TPSA) is 53.9 Å². The summed E-state index contributed by atoms with van der Waals surface area (Å²) >= 11 is 0. The molecule has 2 rings (SSSR count). The highest BCUT2D eigenvalue weighted by Crippen LogP contribution is 2.24. The van der Waals surface area contributed by atoms with E-state index in [1.807, 2.05) is 24.3 Å². The van der Waals surface area contributed by atoms with Gasteiger partial charge in [-0.15, -0.1) is 0 Å². The maximum atomic E-state index is 9.19. The number of aryl methyl sites for hydroxylation is 2. The zero-order chi connectivity index (χ0) is 21.2. The summed E-state index contributed by atoms with van der Waals surface area (Å²) in [5.41, 5.74) is 6.11. The molecule has 4 heteroatoms. The van der Waals surface area contributed by atoms with Crippen LogP contribution in [0.15, 0.2) is 77.8 Å². The summed E-state index contributed by atoms with van der Waals surface area (Å²) in [5, 5.41) is 12.5. The predicted molar refractivity (Wildman–Crippen MR) is 122 cm³/mol. The highest BCUT2D eigenvalue weighted by Gasteiger charge is 2.07. The highest BCUT2D eigenvalue weighted by atomic mass is 16.5. The molecule has 0 amide bonds. The Bertz CT molecular complexity index is 936. The molecule has 0 aromatic heterocycles. The number of benzene rings is 2. The third-order valence-electron chi connectivity index (χ3n) is 4.21. The molecule has 0 aliphatic carbocycles. The minimum Gasteiger partial charge on any atom is -0.511 e. The van der Waals surface area contributed by atoms with Gasteiger partial charge in [-0.05, 0) is 62.1 Å². The van der Waals surface area contributed by atoms with Crippen LogP contribution in [-0.2, 0) is 6.61 Å². The second kappa shape index (κ2) is 10.9. The molecule has 0 saturated carbocycles. The molecule has 0 saturated heterocycles. The van der Waals surface area contributed by atoms with E-state index in [4.69, 9.17) is 4.74 Å². The Hall–Kier alpha value is -3.27. The van der Waals surface area contributed by atoms with E-state index in [2.05, 4.69) is 61.9 Å². The molecule has 4 nitrogen and oxygen atoms in total. The first kappa shape index (κ1) is 22.0. The van der Waals surface area contributed by atoms with Gasteiger partial charge in [-0.3, -0.25) is 4.99 Å². The summed E-state index contributed by atoms with van der Waals surface area (Å²) in [6.07, 6.45) is 5.93. The van der Waals surface area contributed by atoms with E-state index in [1.54, 1.807) is 13.1 Å². The number of ether oxygens (including phenoxy) is 1. The number of hydrogen-bond acceptors (Lipinski definition) is 4. The molecule has 0 atom stereocenters. The summed E-state index contributed by atoms with van der Waals surface area (Å²) < 4.78 is 6.08. The van der Waals surface area contributed by atoms with Crippen LogP contribution in [-0.4, -0.2) is 11.3 Å². The number of aliphatic imine (C=N–C) groups is 1. The average Bonchev–Trinajstić information content (AvgIpc) is 2.66. The van der Waals surface area contributed by atoms with Crippen molar-refractivity contribution in [1.82, 2.24) is 5.32 Å². The van der Waals surface area contributed by atoms with Crippen molar-refractivity contribution in [1.29, 1.82) is 0 Å². The third kappa shape index (κ3) is 7.34. The zero-order valence-corrected chi connectivity index (χ0v) is 17.7. The molecule has 0 heterocycles. The average molecular weight is 391 g/mol. The van der Waals surface area contributed by atoms with E-state index in [0.29, 0.717) is 12.3 Å². The summed E-state index contributed by atoms with van der Waals surface area (Å²) in [6.45, 7) is 12.3. The second-order valence-corrected chi connectivity index (χ2v) is 6.97.